The molecule has 1 unspecified atom stereocenters. The van der Waals surface area contributed by atoms with E-state index in [1.807, 2.05) is 56.9 Å². The summed E-state index contributed by atoms with van der Waals surface area (Å²) in [6.45, 7) is 14.3. The largest absolute Gasteiger partial charge is 0.304 e. The molecule has 1 saturated heterocycles. The predicted molar refractivity (Wildman–Crippen MR) is 140 cm³/mol. The highest BCUT2D eigenvalue weighted by atomic mass is 16.2. The van der Waals surface area contributed by atoms with Crippen molar-refractivity contribution in [1.29, 1.82) is 0 Å². The van der Waals surface area contributed by atoms with Gasteiger partial charge in [0, 0.05) is 5.69 Å². The molecule has 0 aliphatic carbocycles. The van der Waals surface area contributed by atoms with Gasteiger partial charge in [0.25, 0.3) is 0 Å². The van der Waals surface area contributed by atoms with Crippen molar-refractivity contribution in [3.63, 3.8) is 0 Å². The van der Waals surface area contributed by atoms with E-state index in [1.54, 1.807) is 0 Å². The zero-order valence-corrected chi connectivity index (χ0v) is 21.1. The molecule has 172 valence electrons. The molecular weight excluding hydrogens is 390 g/mol. The lowest BCUT2D eigenvalue weighted by atomic mass is 9.92. The fourth-order valence-corrected chi connectivity index (χ4v) is 3.43. The molecule has 0 aromatic heterocycles. The molecule has 1 atom stereocenters. The summed E-state index contributed by atoms with van der Waals surface area (Å²) in [7, 11) is 0. The van der Waals surface area contributed by atoms with Crippen LogP contribution in [-0.4, -0.2) is 5.91 Å². The number of hydrogen-bond donors (Lipinski definition) is 0. The monoisotopic (exact) mass is 431 g/mol. The van der Waals surface area contributed by atoms with Crippen molar-refractivity contribution in [2.75, 3.05) is 4.90 Å². The topological polar surface area (TPSA) is 20.3 Å². The smallest absolute Gasteiger partial charge is 0.230 e. The molecular formula is C30H41NO. The zero-order valence-electron chi connectivity index (χ0n) is 21.1. The van der Waals surface area contributed by atoms with E-state index in [9.17, 15) is 4.79 Å². The third-order valence-corrected chi connectivity index (χ3v) is 5.10. The molecule has 0 bridgehead atoms. The van der Waals surface area contributed by atoms with Crippen molar-refractivity contribution in [1.82, 2.24) is 0 Å². The Morgan fingerprint density at radius 2 is 1.25 bits per heavy atom. The molecule has 1 amide bonds. The Bertz CT molecular complexity index is 882. The Hall–Kier alpha value is -2.87. The van der Waals surface area contributed by atoms with E-state index in [0.29, 0.717) is 6.42 Å². The Morgan fingerprint density at radius 1 is 0.750 bits per heavy atom. The molecule has 0 saturated carbocycles. The number of carbonyl (C=O) groups is 1. The number of β-lactam (4-membered cyclic amide) rings is 1. The number of nitrogens with zero attached hydrogens (tertiary/aromatic N) is 1. The highest BCUT2D eigenvalue weighted by Crippen LogP contribution is 2.38. The summed E-state index contributed by atoms with van der Waals surface area (Å²) < 4.78 is 0. The molecule has 32 heavy (non-hydrogen) atoms. The fraction of sp³-hybridized carbons (Fsp3) is 0.367. The molecule has 1 heterocycles. The first kappa shape index (κ1) is 27.2. The van der Waals surface area contributed by atoms with E-state index in [1.165, 1.54) is 35.1 Å². The van der Waals surface area contributed by atoms with E-state index in [4.69, 9.17) is 0 Å². The van der Waals surface area contributed by atoms with Crippen molar-refractivity contribution in [2.45, 2.75) is 73.8 Å². The van der Waals surface area contributed by atoms with Crippen LogP contribution in [0.5, 0.6) is 0 Å². The summed E-state index contributed by atoms with van der Waals surface area (Å²) in [5.74, 6) is 0.203. The van der Waals surface area contributed by atoms with Gasteiger partial charge in [0.05, 0.1) is 12.5 Å². The van der Waals surface area contributed by atoms with Crippen LogP contribution >= 0.6 is 0 Å². The second-order valence-electron chi connectivity index (χ2n) is 7.47. The normalized spacial score (nSPS) is 13.9. The quantitative estimate of drug-likeness (QED) is 0.379. The summed E-state index contributed by atoms with van der Waals surface area (Å²) in [6, 6.07) is 27.3. The van der Waals surface area contributed by atoms with Gasteiger partial charge < -0.3 is 4.90 Å². The summed E-state index contributed by atoms with van der Waals surface area (Å²) in [4.78, 5) is 13.8. The average molecular weight is 432 g/mol. The summed E-state index contributed by atoms with van der Waals surface area (Å²) >= 11 is 0. The predicted octanol–water partition coefficient (Wildman–Crippen LogP) is 8.47. The Labute approximate surface area is 196 Å². The van der Waals surface area contributed by atoms with Gasteiger partial charge in [-0.05, 0) is 43.5 Å². The first-order valence-corrected chi connectivity index (χ1v) is 12.1. The average Bonchev–Trinajstić information content (AvgIpc) is 2.84. The van der Waals surface area contributed by atoms with E-state index in [0.717, 1.165) is 5.69 Å². The minimum Gasteiger partial charge on any atom is -0.304 e. The van der Waals surface area contributed by atoms with Gasteiger partial charge in [-0.15, -0.1) is 0 Å². The Morgan fingerprint density at radius 3 is 1.72 bits per heavy atom. The van der Waals surface area contributed by atoms with Crippen LogP contribution in [0.3, 0.4) is 0 Å². The van der Waals surface area contributed by atoms with Gasteiger partial charge in [-0.25, -0.2) is 0 Å². The first-order valence-electron chi connectivity index (χ1n) is 12.1. The van der Waals surface area contributed by atoms with Gasteiger partial charge in [0.2, 0.25) is 5.91 Å². The number of rotatable bonds is 4. The van der Waals surface area contributed by atoms with Crippen LogP contribution in [0, 0.1) is 13.8 Å². The third-order valence-electron chi connectivity index (χ3n) is 5.10. The lowest BCUT2D eigenvalue weighted by Gasteiger charge is -2.40. The van der Waals surface area contributed by atoms with Crippen molar-refractivity contribution < 1.29 is 4.79 Å². The van der Waals surface area contributed by atoms with Crippen molar-refractivity contribution in [3.8, 4) is 0 Å². The maximum Gasteiger partial charge on any atom is 0.230 e. The van der Waals surface area contributed by atoms with Crippen LogP contribution in [0.25, 0.3) is 0 Å². The highest BCUT2D eigenvalue weighted by Gasteiger charge is 2.37. The maximum absolute atomic E-state index is 11.9. The highest BCUT2D eigenvalue weighted by molar-refractivity contribution is 6.01. The third kappa shape index (κ3) is 8.00. The molecule has 0 radical (unpaired) electrons. The lowest BCUT2D eigenvalue weighted by molar-refractivity contribution is -0.124. The van der Waals surface area contributed by atoms with Gasteiger partial charge in [0.15, 0.2) is 0 Å². The van der Waals surface area contributed by atoms with Crippen molar-refractivity contribution in [3.05, 3.63) is 101 Å². The van der Waals surface area contributed by atoms with Gasteiger partial charge >= 0.3 is 0 Å². The second kappa shape index (κ2) is 15.0. The van der Waals surface area contributed by atoms with Gasteiger partial charge in [0.1, 0.15) is 0 Å². The molecule has 3 aromatic carbocycles. The number of carbonyl (C=O) groups excluding carboxylic acids is 1. The minimum atomic E-state index is 0.191. The van der Waals surface area contributed by atoms with Crippen molar-refractivity contribution in [2.24, 2.45) is 0 Å². The van der Waals surface area contributed by atoms with Gasteiger partial charge in [-0.1, -0.05) is 119 Å². The molecule has 2 nitrogen and oxygen atoms in total. The van der Waals surface area contributed by atoms with Gasteiger partial charge in [-0.3, -0.25) is 4.79 Å². The van der Waals surface area contributed by atoms with Crippen LogP contribution < -0.4 is 4.90 Å². The molecule has 0 N–H and O–H groups in total. The van der Waals surface area contributed by atoms with Gasteiger partial charge in [-0.2, -0.15) is 0 Å². The maximum atomic E-state index is 11.9. The van der Waals surface area contributed by atoms with Crippen LogP contribution in [-0.2, 0) is 11.2 Å². The SMILES string of the molecule is CC.CC.CCCc1ccccc1.Cc1ccc(C2CC(=O)N2c2ccc(C)cc2)cc1. The van der Waals surface area contributed by atoms with Crippen molar-refractivity contribution >= 4 is 11.6 Å². The van der Waals surface area contributed by atoms with Crippen LogP contribution in [0.2, 0.25) is 0 Å². The zero-order chi connectivity index (χ0) is 23.9. The molecule has 4 rings (SSSR count). The second-order valence-corrected chi connectivity index (χ2v) is 7.47. The Kier molecular flexibility index (Phi) is 12.7. The standard InChI is InChI=1S/C17H17NO.C9H12.2C2H6/c1-12-3-7-14(8-4-12)16-11-17(19)18(16)15-9-5-13(2)6-10-15;1-2-6-9-7-4-3-5-8-9;2*1-2/h3-10,16H,11H2,1-2H3;3-5,7-8H,2,6H2,1H3;2*1-2H3. The minimum absolute atomic E-state index is 0.191. The number of amides is 1. The van der Waals surface area contributed by atoms with Crippen LogP contribution in [0.4, 0.5) is 5.69 Å². The van der Waals surface area contributed by atoms with E-state index >= 15 is 0 Å². The van der Waals surface area contributed by atoms with E-state index in [-0.39, 0.29) is 11.9 Å². The molecule has 1 fully saturated rings. The lowest BCUT2D eigenvalue weighted by Crippen LogP contribution is -2.46. The molecule has 1 aliphatic heterocycles. The van der Waals surface area contributed by atoms with E-state index in [2.05, 4.69) is 75.4 Å². The first-order chi connectivity index (χ1) is 15.6. The number of benzene rings is 3. The van der Waals surface area contributed by atoms with Crippen LogP contribution in [0.15, 0.2) is 78.9 Å². The number of anilines is 1. The number of aryl methyl sites for hydroxylation is 3. The molecule has 2 heteroatoms. The number of hydrogen-bond acceptors (Lipinski definition) is 1. The van der Waals surface area contributed by atoms with Crippen LogP contribution in [0.1, 0.15) is 75.8 Å². The fourth-order valence-electron chi connectivity index (χ4n) is 3.43. The molecule has 0 spiro atoms. The Balaban J connectivity index is 0.000000332. The summed E-state index contributed by atoms with van der Waals surface area (Å²) in [5, 5.41) is 0. The summed E-state index contributed by atoms with van der Waals surface area (Å²) in [5.41, 5.74) is 6.11. The summed E-state index contributed by atoms with van der Waals surface area (Å²) in [6.07, 6.45) is 3.06. The molecule has 3 aromatic rings. The van der Waals surface area contributed by atoms with E-state index < -0.39 is 0 Å². The molecule has 1 aliphatic rings.